The van der Waals surface area contributed by atoms with Crippen LogP contribution in [0.5, 0.6) is 0 Å². The first-order valence-corrected chi connectivity index (χ1v) is 9.60. The molecule has 1 amide bonds. The number of fused-ring (bicyclic) bond motifs is 1. The van der Waals surface area contributed by atoms with Crippen LogP contribution in [-0.2, 0) is 11.8 Å². The second kappa shape index (κ2) is 8.95. The van der Waals surface area contributed by atoms with Gasteiger partial charge in [-0.1, -0.05) is 17.4 Å². The van der Waals surface area contributed by atoms with E-state index < -0.39 is 0 Å². The quantitative estimate of drug-likeness (QED) is 0.628. The minimum absolute atomic E-state index is 0. The molecular weight excluding hydrogens is 405 g/mol. The normalized spacial score (nSPS) is 14.8. The van der Waals surface area contributed by atoms with E-state index in [1.807, 2.05) is 6.07 Å². The van der Waals surface area contributed by atoms with Crippen LogP contribution < -0.4 is 4.90 Å². The third-order valence-electron chi connectivity index (χ3n) is 4.62. The van der Waals surface area contributed by atoms with Crippen molar-refractivity contribution in [1.29, 1.82) is 0 Å². The van der Waals surface area contributed by atoms with E-state index in [-0.39, 0.29) is 24.1 Å². The summed E-state index contributed by atoms with van der Waals surface area (Å²) in [5, 5.41) is 4.58. The molecule has 2 aromatic heterocycles. The lowest BCUT2D eigenvalue weighted by Gasteiger charge is -2.29. The molecule has 0 atom stereocenters. The van der Waals surface area contributed by atoms with Crippen molar-refractivity contribution in [2.24, 2.45) is 7.05 Å². The number of ether oxygens (including phenoxy) is 1. The maximum absolute atomic E-state index is 14.1. The van der Waals surface area contributed by atoms with E-state index in [9.17, 15) is 9.18 Å². The Kier molecular flexibility index (Phi) is 6.61. The monoisotopic (exact) mass is 425 g/mol. The standard InChI is InChI=1S/C18H20FN5O2S.ClH/c1-22-14(5-6-20-22)17(25)24(8-7-23-9-11-26-12-10-23)18-21-16-13(19)3-2-4-15(16)27-18;/h2-6H,7-12H2,1H3;1H. The summed E-state index contributed by atoms with van der Waals surface area (Å²) in [5.74, 6) is -0.571. The predicted octanol–water partition coefficient (Wildman–Crippen LogP) is 2.57. The van der Waals surface area contributed by atoms with E-state index in [1.165, 1.54) is 22.1 Å². The Balaban J connectivity index is 0.00000225. The Morgan fingerprint density at radius 1 is 1.32 bits per heavy atom. The average Bonchev–Trinajstić information content (AvgIpc) is 3.29. The number of anilines is 1. The van der Waals surface area contributed by atoms with Crippen LogP contribution in [0.25, 0.3) is 10.2 Å². The summed E-state index contributed by atoms with van der Waals surface area (Å²) in [7, 11) is 1.73. The molecule has 3 aromatic rings. The number of carbonyl (C=O) groups is 1. The van der Waals surface area contributed by atoms with Crippen molar-refractivity contribution in [3.63, 3.8) is 0 Å². The number of morpholine rings is 1. The molecular formula is C18H21ClFN5O2S. The molecule has 1 saturated heterocycles. The zero-order valence-corrected chi connectivity index (χ0v) is 17.0. The van der Waals surface area contributed by atoms with Crippen molar-refractivity contribution in [2.75, 3.05) is 44.3 Å². The Morgan fingerprint density at radius 2 is 2.11 bits per heavy atom. The first kappa shape index (κ1) is 20.7. The molecule has 0 bridgehead atoms. The molecule has 150 valence electrons. The third kappa shape index (κ3) is 4.17. The molecule has 0 aliphatic carbocycles. The molecule has 10 heteroatoms. The number of thiazole rings is 1. The van der Waals surface area contributed by atoms with Gasteiger partial charge in [0.05, 0.1) is 17.9 Å². The van der Waals surface area contributed by atoms with Crippen LogP contribution in [0.4, 0.5) is 9.52 Å². The van der Waals surface area contributed by atoms with Gasteiger partial charge in [0, 0.05) is 39.4 Å². The van der Waals surface area contributed by atoms with Crippen molar-refractivity contribution in [2.45, 2.75) is 0 Å². The van der Waals surface area contributed by atoms with Gasteiger partial charge < -0.3 is 4.74 Å². The molecule has 1 aromatic carbocycles. The highest BCUT2D eigenvalue weighted by Gasteiger charge is 2.25. The van der Waals surface area contributed by atoms with Gasteiger partial charge in [0.2, 0.25) is 0 Å². The molecule has 3 heterocycles. The van der Waals surface area contributed by atoms with Crippen LogP contribution in [0.1, 0.15) is 10.5 Å². The highest BCUT2D eigenvalue weighted by molar-refractivity contribution is 7.22. The van der Waals surface area contributed by atoms with E-state index in [0.717, 1.165) is 17.8 Å². The van der Waals surface area contributed by atoms with Crippen LogP contribution in [0.15, 0.2) is 30.5 Å². The highest BCUT2D eigenvalue weighted by Crippen LogP contribution is 2.31. The minimum atomic E-state index is -0.379. The van der Waals surface area contributed by atoms with E-state index in [1.54, 1.807) is 30.3 Å². The van der Waals surface area contributed by atoms with Crippen molar-refractivity contribution < 1.29 is 13.9 Å². The van der Waals surface area contributed by atoms with Crippen LogP contribution in [0, 0.1) is 5.82 Å². The number of carbonyl (C=O) groups excluding carboxylic acids is 1. The summed E-state index contributed by atoms with van der Waals surface area (Å²) in [4.78, 5) is 21.4. The maximum Gasteiger partial charge on any atom is 0.278 e. The van der Waals surface area contributed by atoms with E-state index in [4.69, 9.17) is 4.74 Å². The fraction of sp³-hybridized carbons (Fsp3) is 0.389. The fourth-order valence-corrected chi connectivity index (χ4v) is 4.10. The van der Waals surface area contributed by atoms with Gasteiger partial charge in [-0.3, -0.25) is 19.3 Å². The summed E-state index contributed by atoms with van der Waals surface area (Å²) in [6, 6.07) is 6.53. The second-order valence-electron chi connectivity index (χ2n) is 6.33. The zero-order valence-electron chi connectivity index (χ0n) is 15.4. The molecule has 7 nitrogen and oxygen atoms in total. The Bertz CT molecular complexity index is 957. The number of hydrogen-bond acceptors (Lipinski definition) is 6. The van der Waals surface area contributed by atoms with Gasteiger partial charge >= 0.3 is 0 Å². The highest BCUT2D eigenvalue weighted by atomic mass is 35.5. The van der Waals surface area contributed by atoms with Gasteiger partial charge in [0.15, 0.2) is 5.13 Å². The predicted molar refractivity (Wildman–Crippen MR) is 109 cm³/mol. The second-order valence-corrected chi connectivity index (χ2v) is 7.34. The molecule has 0 spiro atoms. The Labute approximate surface area is 172 Å². The number of para-hydroxylation sites is 1. The van der Waals surface area contributed by atoms with Crippen LogP contribution in [0.2, 0.25) is 0 Å². The van der Waals surface area contributed by atoms with Crippen molar-refractivity contribution in [3.05, 3.63) is 42.0 Å². The van der Waals surface area contributed by atoms with E-state index in [0.29, 0.717) is 42.6 Å². The summed E-state index contributed by atoms with van der Waals surface area (Å²) in [6.07, 6.45) is 1.59. The zero-order chi connectivity index (χ0) is 18.8. The summed E-state index contributed by atoms with van der Waals surface area (Å²) in [6.45, 7) is 4.23. The maximum atomic E-state index is 14.1. The van der Waals surface area contributed by atoms with Gasteiger partial charge in [-0.05, 0) is 18.2 Å². The van der Waals surface area contributed by atoms with Gasteiger partial charge in [0.25, 0.3) is 5.91 Å². The number of aryl methyl sites for hydroxylation is 1. The minimum Gasteiger partial charge on any atom is -0.379 e. The van der Waals surface area contributed by atoms with Crippen LogP contribution >= 0.6 is 23.7 Å². The first-order chi connectivity index (χ1) is 13.1. The van der Waals surface area contributed by atoms with Gasteiger partial charge in [-0.15, -0.1) is 12.4 Å². The molecule has 1 aliphatic heterocycles. The Hall–Kier alpha value is -2.07. The molecule has 0 saturated carbocycles. The smallest absolute Gasteiger partial charge is 0.278 e. The SMILES string of the molecule is Cl.Cn1nccc1C(=O)N(CCN1CCOCC1)c1nc2c(F)cccc2s1. The number of halogens is 2. The lowest BCUT2D eigenvalue weighted by molar-refractivity contribution is 0.0391. The van der Waals surface area contributed by atoms with E-state index >= 15 is 0 Å². The fourth-order valence-electron chi connectivity index (χ4n) is 3.09. The lowest BCUT2D eigenvalue weighted by Crippen LogP contribution is -2.43. The third-order valence-corrected chi connectivity index (χ3v) is 5.66. The van der Waals surface area contributed by atoms with Gasteiger partial charge in [-0.2, -0.15) is 5.10 Å². The van der Waals surface area contributed by atoms with Crippen molar-refractivity contribution in [3.8, 4) is 0 Å². The van der Waals surface area contributed by atoms with Crippen LogP contribution in [-0.4, -0.2) is 65.0 Å². The summed E-state index contributed by atoms with van der Waals surface area (Å²) >= 11 is 1.32. The molecule has 0 radical (unpaired) electrons. The number of amides is 1. The van der Waals surface area contributed by atoms with Gasteiger partial charge in [0.1, 0.15) is 17.0 Å². The molecule has 0 N–H and O–H groups in total. The molecule has 1 fully saturated rings. The number of rotatable bonds is 5. The average molecular weight is 426 g/mol. The lowest BCUT2D eigenvalue weighted by atomic mass is 10.3. The number of hydrogen-bond donors (Lipinski definition) is 0. The molecule has 4 rings (SSSR count). The Morgan fingerprint density at radius 3 is 2.79 bits per heavy atom. The largest absolute Gasteiger partial charge is 0.379 e. The topological polar surface area (TPSA) is 63.5 Å². The van der Waals surface area contributed by atoms with Crippen molar-refractivity contribution in [1.82, 2.24) is 19.7 Å². The van der Waals surface area contributed by atoms with Gasteiger partial charge in [-0.25, -0.2) is 9.37 Å². The van der Waals surface area contributed by atoms with Crippen molar-refractivity contribution >= 4 is 45.0 Å². The molecule has 0 unspecified atom stereocenters. The first-order valence-electron chi connectivity index (χ1n) is 8.78. The number of aromatic nitrogens is 3. The van der Waals surface area contributed by atoms with Crippen LogP contribution in [0.3, 0.4) is 0 Å². The number of benzene rings is 1. The summed E-state index contributed by atoms with van der Waals surface area (Å²) in [5.41, 5.74) is 0.767. The van der Waals surface area contributed by atoms with E-state index in [2.05, 4.69) is 15.0 Å². The molecule has 1 aliphatic rings. The number of nitrogens with zero attached hydrogens (tertiary/aromatic N) is 5. The molecule has 28 heavy (non-hydrogen) atoms. The summed E-state index contributed by atoms with van der Waals surface area (Å²) < 4.78 is 21.7.